The lowest BCUT2D eigenvalue weighted by molar-refractivity contribution is -0.391. The molecule has 0 aromatic heterocycles. The standard InChI is InChI=1S/C7HF13/c8-2(1-3(9,10)11)4(12,13)5(14,15)6(16,17)7(18,19)20/h1H/b2-1+. The van der Waals surface area contributed by atoms with Crippen molar-refractivity contribution in [3.8, 4) is 0 Å². The first-order valence-corrected chi connectivity index (χ1v) is 4.03. The van der Waals surface area contributed by atoms with Gasteiger partial charge in [-0.25, -0.2) is 4.39 Å². The van der Waals surface area contributed by atoms with Crippen LogP contribution in [-0.2, 0) is 0 Å². The van der Waals surface area contributed by atoms with Crippen LogP contribution in [0.15, 0.2) is 11.9 Å². The highest BCUT2D eigenvalue weighted by molar-refractivity contribution is 5.16. The van der Waals surface area contributed by atoms with Crippen molar-refractivity contribution in [1.82, 2.24) is 0 Å². The minimum absolute atomic E-state index is 2.15. The highest BCUT2D eigenvalue weighted by Gasteiger charge is 2.83. The molecule has 0 saturated heterocycles. The molecule has 0 aliphatic rings. The molecule has 0 N–H and O–H groups in total. The fourth-order valence-corrected chi connectivity index (χ4v) is 0.759. The Labute approximate surface area is 100 Å². The lowest BCUT2D eigenvalue weighted by Gasteiger charge is -2.32. The Morgan fingerprint density at radius 1 is 0.600 bits per heavy atom. The van der Waals surface area contributed by atoms with Crippen LogP contribution in [0, 0.1) is 0 Å². The first-order valence-electron chi connectivity index (χ1n) is 4.03. The zero-order chi connectivity index (χ0) is 16.8. The Bertz CT molecular complexity index is 381. The molecular formula is C7HF13. The molecular weight excluding hydrogens is 331 g/mol. The molecule has 0 amide bonds. The van der Waals surface area contributed by atoms with Crippen LogP contribution in [0.2, 0.25) is 0 Å². The SMILES string of the molecule is F/C(=C/C(F)(F)F)C(F)(F)C(F)(F)C(F)(F)C(F)(F)F. The molecule has 20 heavy (non-hydrogen) atoms. The van der Waals surface area contributed by atoms with Crippen molar-refractivity contribution < 1.29 is 57.1 Å². The van der Waals surface area contributed by atoms with E-state index in [0.29, 0.717) is 0 Å². The molecule has 0 fully saturated rings. The molecule has 0 bridgehead atoms. The zero-order valence-corrected chi connectivity index (χ0v) is 8.49. The number of hydrogen-bond acceptors (Lipinski definition) is 0. The van der Waals surface area contributed by atoms with Gasteiger partial charge in [0.25, 0.3) is 0 Å². The average molecular weight is 332 g/mol. The van der Waals surface area contributed by atoms with Gasteiger partial charge in [0.2, 0.25) is 0 Å². The van der Waals surface area contributed by atoms with Crippen molar-refractivity contribution in [2.75, 3.05) is 0 Å². The predicted octanol–water partition coefficient (Wildman–Crippen LogP) is 4.87. The van der Waals surface area contributed by atoms with E-state index in [1.165, 1.54) is 0 Å². The first-order chi connectivity index (χ1) is 8.38. The van der Waals surface area contributed by atoms with E-state index >= 15 is 0 Å². The summed E-state index contributed by atoms with van der Waals surface area (Å²) in [6, 6.07) is 0. The molecule has 0 nitrogen and oxygen atoms in total. The van der Waals surface area contributed by atoms with E-state index in [1.54, 1.807) is 0 Å². The molecule has 0 heterocycles. The smallest absolute Gasteiger partial charge is 0.205 e. The predicted molar refractivity (Wildman–Crippen MR) is 36.1 cm³/mol. The monoisotopic (exact) mass is 332 g/mol. The zero-order valence-electron chi connectivity index (χ0n) is 8.49. The van der Waals surface area contributed by atoms with Gasteiger partial charge in [0.15, 0.2) is 5.83 Å². The second-order valence-corrected chi connectivity index (χ2v) is 3.25. The van der Waals surface area contributed by atoms with Crippen LogP contribution in [0.4, 0.5) is 57.1 Å². The molecule has 0 aromatic rings. The summed E-state index contributed by atoms with van der Waals surface area (Å²) < 4.78 is 155. The Kier molecular flexibility index (Phi) is 4.41. The Hall–Kier alpha value is -1.17. The molecule has 13 heteroatoms. The largest absolute Gasteiger partial charge is 0.460 e. The van der Waals surface area contributed by atoms with E-state index in [0.717, 1.165) is 0 Å². The Balaban J connectivity index is 5.89. The van der Waals surface area contributed by atoms with Gasteiger partial charge in [0, 0.05) is 0 Å². The molecule has 0 rings (SSSR count). The summed E-state index contributed by atoms with van der Waals surface area (Å²) in [7, 11) is 0. The van der Waals surface area contributed by atoms with Gasteiger partial charge in [-0.3, -0.25) is 0 Å². The van der Waals surface area contributed by atoms with Crippen molar-refractivity contribution in [2.24, 2.45) is 0 Å². The first kappa shape index (κ1) is 18.8. The van der Waals surface area contributed by atoms with Gasteiger partial charge in [0.05, 0.1) is 6.08 Å². The van der Waals surface area contributed by atoms with Gasteiger partial charge in [-0.1, -0.05) is 0 Å². The van der Waals surface area contributed by atoms with Gasteiger partial charge < -0.3 is 0 Å². The summed E-state index contributed by atoms with van der Waals surface area (Å²) in [5.74, 6) is -26.1. The summed E-state index contributed by atoms with van der Waals surface area (Å²) >= 11 is 0. The number of halogens is 13. The molecule has 0 aromatic carbocycles. The Morgan fingerprint density at radius 2 is 0.950 bits per heavy atom. The van der Waals surface area contributed by atoms with E-state index in [1.807, 2.05) is 0 Å². The summed E-state index contributed by atoms with van der Waals surface area (Å²) in [5.41, 5.74) is 0. The van der Waals surface area contributed by atoms with Crippen molar-refractivity contribution in [3.05, 3.63) is 11.9 Å². The average Bonchev–Trinajstić information content (AvgIpc) is 2.12. The van der Waals surface area contributed by atoms with Crippen LogP contribution in [0.5, 0.6) is 0 Å². The van der Waals surface area contributed by atoms with E-state index in [-0.39, 0.29) is 0 Å². The van der Waals surface area contributed by atoms with Crippen molar-refractivity contribution >= 4 is 0 Å². The van der Waals surface area contributed by atoms with Gasteiger partial charge in [-0.15, -0.1) is 0 Å². The molecule has 0 spiro atoms. The van der Waals surface area contributed by atoms with E-state index < -0.39 is 42.0 Å². The summed E-state index contributed by atoms with van der Waals surface area (Å²) in [5, 5.41) is 0. The third-order valence-electron chi connectivity index (χ3n) is 1.74. The normalized spacial score (nSPS) is 16.6. The quantitative estimate of drug-likeness (QED) is 0.647. The summed E-state index contributed by atoms with van der Waals surface area (Å²) in [4.78, 5) is 0. The maximum Gasteiger partial charge on any atom is 0.460 e. The molecule has 0 radical (unpaired) electrons. The minimum Gasteiger partial charge on any atom is -0.205 e. The van der Waals surface area contributed by atoms with Gasteiger partial charge in [0.1, 0.15) is 0 Å². The Morgan fingerprint density at radius 3 is 1.20 bits per heavy atom. The maximum absolute atomic E-state index is 12.5. The highest BCUT2D eigenvalue weighted by atomic mass is 19.4. The molecule has 0 atom stereocenters. The van der Waals surface area contributed by atoms with Gasteiger partial charge in [-0.2, -0.15) is 52.7 Å². The van der Waals surface area contributed by atoms with Crippen LogP contribution in [-0.4, -0.2) is 30.1 Å². The van der Waals surface area contributed by atoms with E-state index in [9.17, 15) is 57.1 Å². The fraction of sp³-hybridized carbons (Fsp3) is 0.714. The number of allylic oxidation sites excluding steroid dienone is 2. The highest BCUT2D eigenvalue weighted by Crippen LogP contribution is 2.55. The van der Waals surface area contributed by atoms with Crippen LogP contribution >= 0.6 is 0 Å². The van der Waals surface area contributed by atoms with Crippen LogP contribution in [0.3, 0.4) is 0 Å². The summed E-state index contributed by atoms with van der Waals surface area (Å²) in [6.45, 7) is 0. The van der Waals surface area contributed by atoms with Crippen LogP contribution < -0.4 is 0 Å². The lowest BCUT2D eigenvalue weighted by atomic mass is 10.0. The van der Waals surface area contributed by atoms with Crippen molar-refractivity contribution in [3.63, 3.8) is 0 Å². The third-order valence-corrected chi connectivity index (χ3v) is 1.74. The van der Waals surface area contributed by atoms with Crippen molar-refractivity contribution in [1.29, 1.82) is 0 Å². The number of hydrogen-bond donors (Lipinski definition) is 0. The second-order valence-electron chi connectivity index (χ2n) is 3.25. The molecule has 0 unspecified atom stereocenters. The van der Waals surface area contributed by atoms with Gasteiger partial charge >= 0.3 is 30.1 Å². The van der Waals surface area contributed by atoms with Gasteiger partial charge in [-0.05, 0) is 0 Å². The molecule has 0 saturated carbocycles. The third kappa shape index (κ3) is 3.11. The second kappa shape index (κ2) is 4.69. The molecule has 120 valence electrons. The van der Waals surface area contributed by atoms with E-state index in [4.69, 9.17) is 0 Å². The van der Waals surface area contributed by atoms with Crippen LogP contribution in [0.1, 0.15) is 0 Å². The molecule has 0 aliphatic carbocycles. The number of alkyl halides is 12. The molecule has 0 aliphatic heterocycles. The van der Waals surface area contributed by atoms with E-state index in [2.05, 4.69) is 0 Å². The lowest BCUT2D eigenvalue weighted by Crippen LogP contribution is -2.61. The van der Waals surface area contributed by atoms with Crippen LogP contribution in [0.25, 0.3) is 0 Å². The topological polar surface area (TPSA) is 0 Å². The maximum atomic E-state index is 12.5. The fourth-order valence-electron chi connectivity index (χ4n) is 0.759. The summed E-state index contributed by atoms with van der Waals surface area (Å²) in [6.07, 6.45) is -15.4. The van der Waals surface area contributed by atoms with Crippen molar-refractivity contribution in [2.45, 2.75) is 30.1 Å². The minimum atomic E-state index is -7.47. The number of rotatable bonds is 3.